The van der Waals surface area contributed by atoms with E-state index in [1.54, 1.807) is 18.2 Å². The first-order valence-corrected chi connectivity index (χ1v) is 7.95. The molecule has 104 valence electrons. The van der Waals surface area contributed by atoms with Crippen LogP contribution in [0.2, 0.25) is 0 Å². The highest BCUT2D eigenvalue weighted by molar-refractivity contribution is 7.85. The van der Waals surface area contributed by atoms with Crippen LogP contribution in [0.4, 0.5) is 0 Å². The smallest absolute Gasteiger partial charge is 0.336 e. The van der Waals surface area contributed by atoms with Gasteiger partial charge in [0.25, 0.3) is 0 Å². The molecule has 1 fully saturated rings. The van der Waals surface area contributed by atoms with Gasteiger partial charge in [-0.3, -0.25) is 4.21 Å². The highest BCUT2D eigenvalue weighted by Gasteiger charge is 2.30. The van der Waals surface area contributed by atoms with Crippen LogP contribution in [0.3, 0.4) is 0 Å². The lowest BCUT2D eigenvalue weighted by Gasteiger charge is -2.31. The molecule has 4 unspecified atom stereocenters. The van der Waals surface area contributed by atoms with Crippen molar-refractivity contribution in [3.63, 3.8) is 0 Å². The molecule has 1 aliphatic carbocycles. The Morgan fingerprint density at radius 3 is 2.53 bits per heavy atom. The maximum atomic E-state index is 12.6. The Labute approximate surface area is 116 Å². The quantitative estimate of drug-likeness (QED) is 0.924. The molecule has 4 heteroatoms. The van der Waals surface area contributed by atoms with Crippen molar-refractivity contribution in [3.8, 4) is 0 Å². The largest absolute Gasteiger partial charge is 0.478 e. The van der Waals surface area contributed by atoms with Gasteiger partial charge in [0.2, 0.25) is 0 Å². The molecule has 1 aromatic rings. The third-order valence-corrected chi connectivity index (χ3v) is 6.01. The van der Waals surface area contributed by atoms with E-state index in [4.69, 9.17) is 0 Å². The van der Waals surface area contributed by atoms with Crippen LogP contribution in [0.1, 0.15) is 43.5 Å². The van der Waals surface area contributed by atoms with Gasteiger partial charge in [-0.25, -0.2) is 4.79 Å². The maximum absolute atomic E-state index is 12.6. The maximum Gasteiger partial charge on any atom is 0.336 e. The molecule has 1 N–H and O–H groups in total. The molecule has 1 saturated carbocycles. The molecule has 1 aliphatic rings. The molecule has 4 atom stereocenters. The summed E-state index contributed by atoms with van der Waals surface area (Å²) in [6.07, 6.45) is 2.92. The third-order valence-electron chi connectivity index (χ3n) is 4.19. The lowest BCUT2D eigenvalue weighted by atomic mass is 9.81. The average Bonchev–Trinajstić information content (AvgIpc) is 2.41. The van der Waals surface area contributed by atoms with E-state index in [1.165, 1.54) is 6.07 Å². The highest BCUT2D eigenvalue weighted by Crippen LogP contribution is 2.34. The molecule has 0 radical (unpaired) electrons. The fourth-order valence-corrected chi connectivity index (χ4v) is 4.46. The van der Waals surface area contributed by atoms with E-state index in [2.05, 4.69) is 13.8 Å². The van der Waals surface area contributed by atoms with Crippen molar-refractivity contribution in [2.75, 3.05) is 0 Å². The summed E-state index contributed by atoms with van der Waals surface area (Å²) < 4.78 is 12.6. The van der Waals surface area contributed by atoms with Gasteiger partial charge in [-0.1, -0.05) is 26.0 Å². The Kier molecular flexibility index (Phi) is 4.40. The Morgan fingerprint density at radius 2 is 1.89 bits per heavy atom. The molecule has 0 bridgehead atoms. The van der Waals surface area contributed by atoms with Crippen LogP contribution in [0.15, 0.2) is 29.2 Å². The van der Waals surface area contributed by atoms with Crippen molar-refractivity contribution in [2.45, 2.75) is 43.3 Å². The molecule has 1 aromatic carbocycles. The SMILES string of the molecule is CC1CCC(S(=O)c2ccccc2C(=O)O)CC1C. The molecule has 2 rings (SSSR count). The van der Waals surface area contributed by atoms with Crippen molar-refractivity contribution < 1.29 is 14.1 Å². The molecule has 3 nitrogen and oxygen atoms in total. The first-order valence-electron chi connectivity index (χ1n) is 6.73. The van der Waals surface area contributed by atoms with E-state index < -0.39 is 16.8 Å². The minimum absolute atomic E-state index is 0.0895. The monoisotopic (exact) mass is 280 g/mol. The molecule has 0 heterocycles. The number of carboxylic acids is 1. The number of carboxylic acid groups (broad SMARTS) is 1. The number of rotatable bonds is 3. The first kappa shape index (κ1) is 14.3. The van der Waals surface area contributed by atoms with E-state index in [0.717, 1.165) is 19.3 Å². The zero-order valence-electron chi connectivity index (χ0n) is 11.3. The Bertz CT molecular complexity index is 498. The molecule has 0 spiro atoms. The minimum Gasteiger partial charge on any atom is -0.478 e. The van der Waals surface area contributed by atoms with E-state index in [1.807, 2.05) is 0 Å². The number of hydrogen-bond acceptors (Lipinski definition) is 2. The van der Waals surface area contributed by atoms with Gasteiger partial charge in [-0.2, -0.15) is 0 Å². The van der Waals surface area contributed by atoms with Crippen LogP contribution in [0.5, 0.6) is 0 Å². The molecule has 0 aliphatic heterocycles. The highest BCUT2D eigenvalue weighted by atomic mass is 32.2. The molecule has 19 heavy (non-hydrogen) atoms. The predicted molar refractivity (Wildman–Crippen MR) is 75.8 cm³/mol. The average molecular weight is 280 g/mol. The molecule has 0 saturated heterocycles. The summed E-state index contributed by atoms with van der Waals surface area (Å²) in [5, 5.41) is 9.26. The van der Waals surface area contributed by atoms with Crippen LogP contribution < -0.4 is 0 Å². The predicted octanol–water partition coefficient (Wildman–Crippen LogP) is 3.32. The Hall–Kier alpha value is -1.16. The third kappa shape index (κ3) is 3.06. The summed E-state index contributed by atoms with van der Waals surface area (Å²) in [6.45, 7) is 4.42. The van der Waals surface area contributed by atoms with Gasteiger partial charge in [0.1, 0.15) is 0 Å². The summed E-state index contributed by atoms with van der Waals surface area (Å²) >= 11 is 0. The normalized spacial score (nSPS) is 28.8. The summed E-state index contributed by atoms with van der Waals surface area (Å²) in [5.41, 5.74) is 0.173. The zero-order chi connectivity index (χ0) is 14.0. The van der Waals surface area contributed by atoms with Gasteiger partial charge in [0.15, 0.2) is 0 Å². The summed E-state index contributed by atoms with van der Waals surface area (Å²) in [5.74, 6) is 0.226. The van der Waals surface area contributed by atoms with Crippen molar-refractivity contribution >= 4 is 16.8 Å². The van der Waals surface area contributed by atoms with Crippen LogP contribution >= 0.6 is 0 Å². The van der Waals surface area contributed by atoms with Crippen molar-refractivity contribution in [1.29, 1.82) is 0 Å². The van der Waals surface area contributed by atoms with Crippen LogP contribution in [-0.2, 0) is 10.8 Å². The van der Waals surface area contributed by atoms with E-state index in [9.17, 15) is 14.1 Å². The lowest BCUT2D eigenvalue weighted by Crippen LogP contribution is -2.28. The summed E-state index contributed by atoms with van der Waals surface area (Å²) in [7, 11) is -1.22. The second-order valence-corrected chi connectivity index (χ2v) is 7.19. The number of hydrogen-bond donors (Lipinski definition) is 1. The van der Waals surface area contributed by atoms with Gasteiger partial charge >= 0.3 is 5.97 Å². The van der Waals surface area contributed by atoms with Crippen molar-refractivity contribution in [1.82, 2.24) is 0 Å². The van der Waals surface area contributed by atoms with Gasteiger partial charge in [-0.05, 0) is 43.2 Å². The standard InChI is InChI=1S/C15H20O3S/c1-10-7-8-12(9-11(10)2)19(18)14-6-4-3-5-13(14)15(16)17/h3-6,10-12H,7-9H2,1-2H3,(H,16,17). The van der Waals surface area contributed by atoms with Gasteiger partial charge in [0, 0.05) is 5.25 Å². The summed E-state index contributed by atoms with van der Waals surface area (Å²) in [6, 6.07) is 6.65. The topological polar surface area (TPSA) is 54.4 Å². The molecule has 0 amide bonds. The van der Waals surface area contributed by atoms with Gasteiger partial charge in [-0.15, -0.1) is 0 Å². The second-order valence-electron chi connectivity index (χ2n) is 5.49. The van der Waals surface area contributed by atoms with E-state index in [0.29, 0.717) is 16.7 Å². The zero-order valence-corrected chi connectivity index (χ0v) is 12.2. The summed E-state index contributed by atoms with van der Waals surface area (Å²) in [4.78, 5) is 11.7. The van der Waals surface area contributed by atoms with E-state index in [-0.39, 0.29) is 10.8 Å². The molecular formula is C15H20O3S. The minimum atomic E-state index is -1.22. The molecule has 0 aromatic heterocycles. The van der Waals surface area contributed by atoms with Crippen LogP contribution in [0.25, 0.3) is 0 Å². The number of benzene rings is 1. The molecular weight excluding hydrogens is 260 g/mol. The fraction of sp³-hybridized carbons (Fsp3) is 0.533. The van der Waals surface area contributed by atoms with Crippen LogP contribution in [-0.4, -0.2) is 20.5 Å². The van der Waals surface area contributed by atoms with Gasteiger partial charge in [0.05, 0.1) is 21.3 Å². The first-order chi connectivity index (χ1) is 9.00. The fourth-order valence-electron chi connectivity index (χ4n) is 2.69. The van der Waals surface area contributed by atoms with Crippen molar-refractivity contribution in [3.05, 3.63) is 29.8 Å². The number of aromatic carboxylic acids is 1. The Morgan fingerprint density at radius 1 is 1.21 bits per heavy atom. The van der Waals surface area contributed by atoms with Crippen LogP contribution in [0, 0.1) is 11.8 Å². The Balaban J connectivity index is 2.23. The van der Waals surface area contributed by atoms with Gasteiger partial charge < -0.3 is 5.11 Å². The van der Waals surface area contributed by atoms with E-state index >= 15 is 0 Å². The van der Waals surface area contributed by atoms with Crippen molar-refractivity contribution in [2.24, 2.45) is 11.8 Å². The second kappa shape index (κ2) is 5.87. The number of carbonyl (C=O) groups is 1. The lowest BCUT2D eigenvalue weighted by molar-refractivity contribution is 0.0693.